The SMILES string of the molecule is CCN(CC)C(=O)[C@@H]1CCCN(C2CCN(C(=O)c3c(-c4cccc(C)c4)cccc3-c3cccc(C)c3)CC2)C1. The Morgan fingerprint density at radius 2 is 1.34 bits per heavy atom. The Balaban J connectivity index is 1.37. The van der Waals surface area contributed by atoms with Crippen LogP contribution in [-0.4, -0.2) is 71.8 Å². The van der Waals surface area contributed by atoms with Crippen LogP contribution in [0.1, 0.15) is 61.0 Å². The molecule has 0 aromatic heterocycles. The average Bonchev–Trinajstić information content (AvgIpc) is 3.01. The van der Waals surface area contributed by atoms with Crippen molar-refractivity contribution in [1.82, 2.24) is 14.7 Å². The Bertz CT molecular complexity index is 1310. The van der Waals surface area contributed by atoms with E-state index in [-0.39, 0.29) is 11.8 Å². The number of piperidine rings is 2. The number of carbonyl (C=O) groups excluding carboxylic acids is 2. The van der Waals surface area contributed by atoms with Gasteiger partial charge in [0.05, 0.1) is 11.5 Å². The molecule has 3 aromatic carbocycles. The molecule has 0 saturated carbocycles. The second kappa shape index (κ2) is 13.0. The fourth-order valence-corrected chi connectivity index (χ4v) is 6.81. The number of aryl methyl sites for hydroxylation is 2. The molecule has 0 unspecified atom stereocenters. The summed E-state index contributed by atoms with van der Waals surface area (Å²) in [5.74, 6) is 0.524. The van der Waals surface area contributed by atoms with Gasteiger partial charge in [0, 0.05) is 38.8 Å². The fourth-order valence-electron chi connectivity index (χ4n) is 6.81. The van der Waals surface area contributed by atoms with E-state index in [9.17, 15) is 9.59 Å². The maximum absolute atomic E-state index is 14.4. The van der Waals surface area contributed by atoms with Crippen LogP contribution in [-0.2, 0) is 4.79 Å². The van der Waals surface area contributed by atoms with E-state index in [2.05, 4.69) is 104 Å². The van der Waals surface area contributed by atoms with E-state index in [4.69, 9.17) is 0 Å². The molecular weight excluding hydrogens is 506 g/mol. The summed E-state index contributed by atoms with van der Waals surface area (Å²) >= 11 is 0. The van der Waals surface area contributed by atoms with Crippen molar-refractivity contribution in [3.05, 3.63) is 83.4 Å². The van der Waals surface area contributed by atoms with E-state index in [1.807, 2.05) is 4.90 Å². The molecule has 5 rings (SSSR count). The molecule has 0 N–H and O–H groups in total. The maximum Gasteiger partial charge on any atom is 0.255 e. The molecule has 0 aliphatic carbocycles. The number of benzene rings is 3. The topological polar surface area (TPSA) is 43.9 Å². The van der Waals surface area contributed by atoms with Gasteiger partial charge >= 0.3 is 0 Å². The van der Waals surface area contributed by atoms with Crippen LogP contribution in [0.25, 0.3) is 22.3 Å². The van der Waals surface area contributed by atoms with Crippen molar-refractivity contribution in [3.8, 4) is 22.3 Å². The molecule has 0 bridgehead atoms. The van der Waals surface area contributed by atoms with Crippen molar-refractivity contribution >= 4 is 11.8 Å². The summed E-state index contributed by atoms with van der Waals surface area (Å²) in [6, 6.07) is 23.6. The second-order valence-electron chi connectivity index (χ2n) is 11.8. The van der Waals surface area contributed by atoms with Crippen LogP contribution in [0.2, 0.25) is 0 Å². The largest absolute Gasteiger partial charge is 0.343 e. The summed E-state index contributed by atoms with van der Waals surface area (Å²) in [5, 5.41) is 0. The van der Waals surface area contributed by atoms with E-state index < -0.39 is 0 Å². The second-order valence-corrected chi connectivity index (χ2v) is 11.8. The van der Waals surface area contributed by atoms with Gasteiger partial charge < -0.3 is 9.80 Å². The minimum atomic E-state index is 0.0985. The molecule has 1 atom stereocenters. The lowest BCUT2D eigenvalue weighted by molar-refractivity contribution is -0.137. The van der Waals surface area contributed by atoms with Crippen LogP contribution in [0, 0.1) is 19.8 Å². The first-order chi connectivity index (χ1) is 19.9. The summed E-state index contributed by atoms with van der Waals surface area (Å²) in [6.45, 7) is 13.3. The van der Waals surface area contributed by atoms with E-state index in [0.717, 1.165) is 92.8 Å². The van der Waals surface area contributed by atoms with E-state index in [1.165, 1.54) is 11.1 Å². The predicted molar refractivity (Wildman–Crippen MR) is 168 cm³/mol. The lowest BCUT2D eigenvalue weighted by Gasteiger charge is -2.42. The third-order valence-corrected chi connectivity index (χ3v) is 9.08. The minimum absolute atomic E-state index is 0.0985. The highest BCUT2D eigenvalue weighted by Crippen LogP contribution is 2.35. The van der Waals surface area contributed by atoms with Gasteiger partial charge in [-0.3, -0.25) is 14.5 Å². The Labute approximate surface area is 246 Å². The van der Waals surface area contributed by atoms with Gasteiger partial charge in [-0.1, -0.05) is 77.9 Å². The first-order valence-corrected chi connectivity index (χ1v) is 15.5. The molecule has 0 radical (unpaired) electrons. The summed E-state index contributed by atoms with van der Waals surface area (Å²) < 4.78 is 0. The maximum atomic E-state index is 14.4. The summed E-state index contributed by atoms with van der Waals surface area (Å²) in [7, 11) is 0. The highest BCUT2D eigenvalue weighted by atomic mass is 16.2. The predicted octanol–water partition coefficient (Wildman–Crippen LogP) is 6.82. The lowest BCUT2D eigenvalue weighted by atomic mass is 9.89. The Hall–Kier alpha value is -3.44. The molecule has 0 spiro atoms. The molecule has 5 heteroatoms. The zero-order chi connectivity index (χ0) is 28.9. The first kappa shape index (κ1) is 29.1. The molecule has 5 nitrogen and oxygen atoms in total. The summed E-state index contributed by atoms with van der Waals surface area (Å²) in [5.41, 5.74) is 7.31. The third kappa shape index (κ3) is 6.41. The Morgan fingerprint density at radius 3 is 1.88 bits per heavy atom. The van der Waals surface area contributed by atoms with Gasteiger partial charge in [-0.05, 0) is 82.2 Å². The average molecular weight is 552 g/mol. The Kier molecular flexibility index (Phi) is 9.24. The summed E-state index contributed by atoms with van der Waals surface area (Å²) in [6.07, 6.45) is 3.95. The number of hydrogen-bond acceptors (Lipinski definition) is 3. The van der Waals surface area contributed by atoms with Crippen LogP contribution in [0.3, 0.4) is 0 Å². The van der Waals surface area contributed by atoms with Gasteiger partial charge in [0.2, 0.25) is 5.91 Å². The van der Waals surface area contributed by atoms with Gasteiger partial charge in [0.1, 0.15) is 0 Å². The molecule has 2 amide bonds. The monoisotopic (exact) mass is 551 g/mol. The van der Waals surface area contributed by atoms with Crippen molar-refractivity contribution in [2.75, 3.05) is 39.3 Å². The number of amides is 2. The summed E-state index contributed by atoms with van der Waals surface area (Å²) in [4.78, 5) is 34.0. The first-order valence-electron chi connectivity index (χ1n) is 15.5. The molecule has 2 fully saturated rings. The zero-order valence-corrected chi connectivity index (χ0v) is 25.2. The molecule has 2 heterocycles. The van der Waals surface area contributed by atoms with Crippen molar-refractivity contribution < 1.29 is 9.59 Å². The molecule has 3 aromatic rings. The van der Waals surface area contributed by atoms with Crippen LogP contribution < -0.4 is 0 Å². The molecular formula is C36H45N3O2. The molecule has 41 heavy (non-hydrogen) atoms. The Morgan fingerprint density at radius 1 is 0.780 bits per heavy atom. The van der Waals surface area contributed by atoms with Crippen LogP contribution in [0.5, 0.6) is 0 Å². The van der Waals surface area contributed by atoms with Gasteiger partial charge in [-0.15, -0.1) is 0 Å². The van der Waals surface area contributed by atoms with Crippen LogP contribution in [0.4, 0.5) is 0 Å². The molecule has 2 saturated heterocycles. The van der Waals surface area contributed by atoms with E-state index in [0.29, 0.717) is 11.9 Å². The number of carbonyl (C=O) groups is 2. The van der Waals surface area contributed by atoms with Crippen molar-refractivity contribution in [2.24, 2.45) is 5.92 Å². The van der Waals surface area contributed by atoms with Crippen LogP contribution >= 0.6 is 0 Å². The van der Waals surface area contributed by atoms with Gasteiger partial charge in [-0.2, -0.15) is 0 Å². The third-order valence-electron chi connectivity index (χ3n) is 9.08. The number of rotatable bonds is 7. The normalized spacial score (nSPS) is 18.3. The van der Waals surface area contributed by atoms with Crippen molar-refractivity contribution in [3.63, 3.8) is 0 Å². The lowest BCUT2D eigenvalue weighted by Crippen LogP contribution is -2.52. The minimum Gasteiger partial charge on any atom is -0.343 e. The molecule has 2 aliphatic heterocycles. The van der Waals surface area contributed by atoms with Gasteiger partial charge in [0.25, 0.3) is 5.91 Å². The van der Waals surface area contributed by atoms with Crippen LogP contribution in [0.15, 0.2) is 66.7 Å². The number of likely N-dealkylation sites (tertiary alicyclic amines) is 2. The van der Waals surface area contributed by atoms with E-state index >= 15 is 0 Å². The smallest absolute Gasteiger partial charge is 0.255 e. The highest BCUT2D eigenvalue weighted by Gasteiger charge is 2.34. The van der Waals surface area contributed by atoms with Gasteiger partial charge in [-0.25, -0.2) is 0 Å². The van der Waals surface area contributed by atoms with Gasteiger partial charge in [0.15, 0.2) is 0 Å². The highest BCUT2D eigenvalue weighted by molar-refractivity contribution is 6.07. The molecule has 216 valence electrons. The zero-order valence-electron chi connectivity index (χ0n) is 25.2. The standard InChI is InChI=1S/C36H45N3O2/c1-5-37(6-2)35(40)30-15-10-20-39(25-30)31-18-21-38(22-19-31)36(41)34-32(28-13-7-11-26(3)23-28)16-9-17-33(34)29-14-8-12-27(4)24-29/h7-9,11-14,16-17,23-24,30-31H,5-6,10,15,18-22,25H2,1-4H3/t30-/m1/s1. The van der Waals surface area contributed by atoms with Crippen molar-refractivity contribution in [2.45, 2.75) is 59.4 Å². The van der Waals surface area contributed by atoms with E-state index in [1.54, 1.807) is 0 Å². The molecule has 2 aliphatic rings. The number of hydrogen-bond donors (Lipinski definition) is 0. The fraction of sp³-hybridized carbons (Fsp3) is 0.444. The number of nitrogens with zero attached hydrogens (tertiary/aromatic N) is 3. The quantitative estimate of drug-likeness (QED) is 0.324. The van der Waals surface area contributed by atoms with Crippen molar-refractivity contribution in [1.29, 1.82) is 0 Å².